The Morgan fingerprint density at radius 1 is 1.22 bits per heavy atom. The third kappa shape index (κ3) is 5.41. The number of halogens is 1. The molecule has 1 saturated heterocycles. The molecule has 2 aromatic carbocycles. The topological polar surface area (TPSA) is 44.8 Å². The minimum Gasteiger partial charge on any atom is -0.475 e. The van der Waals surface area contributed by atoms with Gasteiger partial charge in [-0.15, -0.1) is 11.8 Å². The lowest BCUT2D eigenvalue weighted by Crippen LogP contribution is -2.53. The number of esters is 1. The maximum absolute atomic E-state index is 12.8. The van der Waals surface area contributed by atoms with E-state index in [9.17, 15) is 4.79 Å². The van der Waals surface area contributed by atoms with E-state index in [1.165, 1.54) is 4.90 Å². The molecule has 0 amide bonds. The van der Waals surface area contributed by atoms with E-state index in [-0.39, 0.29) is 12.1 Å². The molecular formula is C21H23ClO4S. The molecule has 1 aliphatic rings. The summed E-state index contributed by atoms with van der Waals surface area (Å²) >= 11 is 7.66. The van der Waals surface area contributed by atoms with Crippen LogP contribution in [0.1, 0.15) is 19.8 Å². The van der Waals surface area contributed by atoms with Crippen LogP contribution in [-0.4, -0.2) is 36.6 Å². The molecule has 1 fully saturated rings. The Kier molecular flexibility index (Phi) is 7.05. The van der Waals surface area contributed by atoms with E-state index in [2.05, 4.69) is 12.1 Å². The van der Waals surface area contributed by atoms with Crippen molar-refractivity contribution in [3.8, 4) is 5.75 Å². The third-order valence-corrected chi connectivity index (χ3v) is 5.77. The van der Waals surface area contributed by atoms with Crippen molar-refractivity contribution in [1.82, 2.24) is 0 Å². The summed E-state index contributed by atoms with van der Waals surface area (Å²) in [5, 5.41) is 0.622. The maximum atomic E-state index is 12.8. The van der Waals surface area contributed by atoms with Gasteiger partial charge in [-0.25, -0.2) is 4.79 Å². The molecule has 1 heterocycles. The first kappa shape index (κ1) is 20.1. The maximum Gasteiger partial charge on any atom is 0.350 e. The van der Waals surface area contributed by atoms with Crippen molar-refractivity contribution in [2.75, 3.05) is 19.0 Å². The molecule has 0 N–H and O–H groups in total. The largest absolute Gasteiger partial charge is 0.475 e. The van der Waals surface area contributed by atoms with Crippen molar-refractivity contribution < 1.29 is 19.0 Å². The van der Waals surface area contributed by atoms with Crippen molar-refractivity contribution in [1.29, 1.82) is 0 Å². The number of hydrogen-bond acceptors (Lipinski definition) is 5. The Hall–Kier alpha value is -1.69. The van der Waals surface area contributed by atoms with E-state index >= 15 is 0 Å². The predicted molar refractivity (Wildman–Crippen MR) is 108 cm³/mol. The standard InChI is InChI=1S/C21H23ClO4S/c1-2-24-20(23)21(26-17-10-8-16(22)9-11-17)12-13-25-18(14-21)15-27-19-6-4-3-5-7-19/h3-11,18H,2,12-15H2,1H3. The second-order valence-corrected chi connectivity index (χ2v) is 7.87. The summed E-state index contributed by atoms with van der Waals surface area (Å²) < 4.78 is 17.4. The number of ether oxygens (including phenoxy) is 3. The molecule has 4 nitrogen and oxygen atoms in total. The smallest absolute Gasteiger partial charge is 0.350 e. The van der Waals surface area contributed by atoms with Gasteiger partial charge in [-0.1, -0.05) is 29.8 Å². The van der Waals surface area contributed by atoms with Crippen LogP contribution in [0.15, 0.2) is 59.5 Å². The number of carbonyl (C=O) groups is 1. The van der Waals surface area contributed by atoms with Gasteiger partial charge in [0.1, 0.15) is 5.75 Å². The quantitative estimate of drug-likeness (QED) is 0.478. The molecule has 0 saturated carbocycles. The van der Waals surface area contributed by atoms with E-state index in [1.54, 1.807) is 43.0 Å². The fourth-order valence-electron chi connectivity index (χ4n) is 3.04. The first-order valence-corrected chi connectivity index (χ1v) is 10.4. The molecule has 2 atom stereocenters. The van der Waals surface area contributed by atoms with Crippen LogP contribution in [0.2, 0.25) is 5.02 Å². The second kappa shape index (κ2) is 9.49. The lowest BCUT2D eigenvalue weighted by molar-refractivity contribution is -0.174. The second-order valence-electron chi connectivity index (χ2n) is 6.34. The molecule has 0 aromatic heterocycles. The van der Waals surface area contributed by atoms with Crippen LogP contribution in [0.25, 0.3) is 0 Å². The van der Waals surface area contributed by atoms with Crippen molar-refractivity contribution in [3.63, 3.8) is 0 Å². The molecule has 0 radical (unpaired) electrons. The fourth-order valence-corrected chi connectivity index (χ4v) is 4.11. The molecule has 2 unspecified atom stereocenters. The number of thioether (sulfide) groups is 1. The van der Waals surface area contributed by atoms with Crippen LogP contribution >= 0.6 is 23.4 Å². The van der Waals surface area contributed by atoms with Crippen molar-refractivity contribution in [3.05, 3.63) is 59.6 Å². The van der Waals surface area contributed by atoms with Crippen molar-refractivity contribution in [2.45, 2.75) is 36.4 Å². The summed E-state index contributed by atoms with van der Waals surface area (Å²) in [6.45, 7) is 2.57. The van der Waals surface area contributed by atoms with Gasteiger partial charge < -0.3 is 14.2 Å². The SMILES string of the molecule is CCOC(=O)C1(Oc2ccc(Cl)cc2)CCOC(CSc2ccccc2)C1. The van der Waals surface area contributed by atoms with Gasteiger partial charge in [0, 0.05) is 28.5 Å². The Labute approximate surface area is 169 Å². The van der Waals surface area contributed by atoms with Crippen LogP contribution in [-0.2, 0) is 14.3 Å². The number of benzene rings is 2. The lowest BCUT2D eigenvalue weighted by Gasteiger charge is -2.38. The van der Waals surface area contributed by atoms with Gasteiger partial charge in [0.25, 0.3) is 0 Å². The number of carbonyl (C=O) groups excluding carboxylic acids is 1. The molecule has 0 spiro atoms. The van der Waals surface area contributed by atoms with Crippen LogP contribution < -0.4 is 4.74 Å². The van der Waals surface area contributed by atoms with Crippen molar-refractivity contribution >= 4 is 29.3 Å². The zero-order valence-corrected chi connectivity index (χ0v) is 16.8. The summed E-state index contributed by atoms with van der Waals surface area (Å²) in [7, 11) is 0. The molecule has 2 aromatic rings. The highest BCUT2D eigenvalue weighted by Gasteiger charge is 2.47. The minimum atomic E-state index is -1.04. The zero-order chi connectivity index (χ0) is 19.1. The minimum absolute atomic E-state index is 0.0966. The molecule has 6 heteroatoms. The van der Waals surface area contributed by atoms with E-state index < -0.39 is 5.60 Å². The van der Waals surface area contributed by atoms with E-state index in [0.717, 1.165) is 5.75 Å². The first-order valence-electron chi connectivity index (χ1n) is 9.02. The fraction of sp³-hybridized carbons (Fsp3) is 0.381. The van der Waals surface area contributed by atoms with Gasteiger partial charge in [-0.3, -0.25) is 0 Å². The summed E-state index contributed by atoms with van der Waals surface area (Å²) in [4.78, 5) is 13.9. The highest BCUT2D eigenvalue weighted by atomic mass is 35.5. The number of hydrogen-bond donors (Lipinski definition) is 0. The van der Waals surface area contributed by atoms with E-state index in [1.807, 2.05) is 18.2 Å². The average molecular weight is 407 g/mol. The van der Waals surface area contributed by atoms with Gasteiger partial charge in [-0.2, -0.15) is 0 Å². The summed E-state index contributed by atoms with van der Waals surface area (Å²) in [5.41, 5.74) is -1.04. The van der Waals surface area contributed by atoms with Crippen LogP contribution in [0, 0.1) is 0 Å². The Morgan fingerprint density at radius 2 is 1.96 bits per heavy atom. The third-order valence-electron chi connectivity index (χ3n) is 4.37. The molecule has 1 aliphatic heterocycles. The molecule has 27 heavy (non-hydrogen) atoms. The summed E-state index contributed by atoms with van der Waals surface area (Å²) in [5.74, 6) is 1.01. The lowest BCUT2D eigenvalue weighted by atomic mass is 9.90. The normalized spacial score (nSPS) is 22.2. The predicted octanol–water partition coefficient (Wildman–Crippen LogP) is 4.99. The van der Waals surface area contributed by atoms with E-state index in [0.29, 0.717) is 36.8 Å². The molecule has 0 aliphatic carbocycles. The van der Waals surface area contributed by atoms with Gasteiger partial charge in [0.05, 0.1) is 19.3 Å². The van der Waals surface area contributed by atoms with Crippen LogP contribution in [0.5, 0.6) is 5.75 Å². The monoisotopic (exact) mass is 406 g/mol. The molecule has 3 rings (SSSR count). The summed E-state index contributed by atoms with van der Waals surface area (Å²) in [6.07, 6.45) is 0.815. The van der Waals surface area contributed by atoms with Crippen LogP contribution in [0.4, 0.5) is 0 Å². The van der Waals surface area contributed by atoms with E-state index in [4.69, 9.17) is 25.8 Å². The Balaban J connectivity index is 1.73. The van der Waals surface area contributed by atoms with Gasteiger partial charge in [0.2, 0.25) is 5.60 Å². The number of rotatable bonds is 7. The van der Waals surface area contributed by atoms with Gasteiger partial charge >= 0.3 is 5.97 Å². The molecule has 144 valence electrons. The molecule has 0 bridgehead atoms. The average Bonchev–Trinajstić information content (AvgIpc) is 2.69. The molecular weight excluding hydrogens is 384 g/mol. The zero-order valence-electron chi connectivity index (χ0n) is 15.2. The summed E-state index contributed by atoms with van der Waals surface area (Å²) in [6, 6.07) is 17.2. The van der Waals surface area contributed by atoms with Gasteiger partial charge in [-0.05, 0) is 43.3 Å². The highest BCUT2D eigenvalue weighted by Crippen LogP contribution is 2.34. The van der Waals surface area contributed by atoms with Crippen molar-refractivity contribution in [2.24, 2.45) is 0 Å². The Morgan fingerprint density at radius 3 is 2.67 bits per heavy atom. The van der Waals surface area contributed by atoms with Crippen LogP contribution in [0.3, 0.4) is 0 Å². The Bertz CT molecular complexity index is 738. The highest BCUT2D eigenvalue weighted by molar-refractivity contribution is 7.99. The first-order chi connectivity index (χ1) is 13.1. The van der Waals surface area contributed by atoms with Gasteiger partial charge in [0.15, 0.2) is 0 Å².